The van der Waals surface area contributed by atoms with Crippen LogP contribution in [0.25, 0.3) is 0 Å². The summed E-state index contributed by atoms with van der Waals surface area (Å²) in [5.41, 5.74) is 2.77. The van der Waals surface area contributed by atoms with Crippen LogP contribution in [0.5, 0.6) is 0 Å². The maximum Gasteiger partial charge on any atom is 0.191 e. The van der Waals surface area contributed by atoms with E-state index in [4.69, 9.17) is 0 Å². The monoisotopic (exact) mass is 245 g/mol. The molecule has 3 nitrogen and oxygen atoms in total. The number of hydrogen-bond donors (Lipinski definition) is 2. The van der Waals surface area contributed by atoms with E-state index < -0.39 is 0 Å². The van der Waals surface area contributed by atoms with Crippen molar-refractivity contribution >= 4 is 5.96 Å². The Morgan fingerprint density at radius 2 is 2.00 bits per heavy atom. The van der Waals surface area contributed by atoms with Gasteiger partial charge in [-0.2, -0.15) is 0 Å². The van der Waals surface area contributed by atoms with Crippen LogP contribution in [0.4, 0.5) is 0 Å². The summed E-state index contributed by atoms with van der Waals surface area (Å²) in [5, 5.41) is 6.70. The highest BCUT2D eigenvalue weighted by Gasteiger charge is 2.21. The van der Waals surface area contributed by atoms with Crippen LogP contribution in [0.3, 0.4) is 0 Å². The molecule has 18 heavy (non-hydrogen) atoms. The molecule has 2 N–H and O–H groups in total. The van der Waals surface area contributed by atoms with Gasteiger partial charge in [-0.1, -0.05) is 43.7 Å². The molecule has 0 atom stereocenters. The lowest BCUT2D eigenvalue weighted by molar-refractivity contribution is 0.505. The van der Waals surface area contributed by atoms with Crippen LogP contribution in [-0.4, -0.2) is 25.6 Å². The van der Waals surface area contributed by atoms with Crippen LogP contribution in [0, 0.1) is 6.92 Å². The predicted octanol–water partition coefficient (Wildman–Crippen LogP) is 2.21. The number of benzene rings is 1. The molecule has 0 radical (unpaired) electrons. The lowest BCUT2D eigenvalue weighted by Gasteiger charge is -2.27. The Balaban J connectivity index is 1.98. The van der Waals surface area contributed by atoms with Gasteiger partial charge in [0.05, 0.1) is 0 Å². The first-order valence-corrected chi connectivity index (χ1v) is 6.67. The largest absolute Gasteiger partial charge is 0.356 e. The van der Waals surface area contributed by atoms with Crippen molar-refractivity contribution in [2.75, 3.05) is 19.6 Å². The number of aliphatic imine (C=N–C) groups is 1. The van der Waals surface area contributed by atoms with Crippen LogP contribution in [0.1, 0.15) is 31.4 Å². The van der Waals surface area contributed by atoms with E-state index in [1.165, 1.54) is 11.1 Å². The van der Waals surface area contributed by atoms with Gasteiger partial charge in [0.1, 0.15) is 0 Å². The molecular formula is C15H23N3. The molecule has 0 saturated carbocycles. The summed E-state index contributed by atoms with van der Waals surface area (Å²) in [7, 11) is 0. The van der Waals surface area contributed by atoms with Gasteiger partial charge in [-0.15, -0.1) is 0 Å². The lowest BCUT2D eigenvalue weighted by atomic mass is 9.84. The summed E-state index contributed by atoms with van der Waals surface area (Å²) in [4.78, 5) is 4.43. The van der Waals surface area contributed by atoms with Crippen molar-refractivity contribution in [3.05, 3.63) is 35.4 Å². The summed E-state index contributed by atoms with van der Waals surface area (Å²) in [6.45, 7) is 9.48. The summed E-state index contributed by atoms with van der Waals surface area (Å²) >= 11 is 0. The Kier molecular flexibility index (Phi) is 3.90. The SMILES string of the molecule is Cc1ccc(C(C)(C)CNC2=NCCCN2)cc1. The van der Waals surface area contributed by atoms with Crippen molar-refractivity contribution in [3.63, 3.8) is 0 Å². The molecule has 0 spiro atoms. The number of rotatable bonds is 3. The van der Waals surface area contributed by atoms with Gasteiger partial charge < -0.3 is 10.6 Å². The van der Waals surface area contributed by atoms with E-state index >= 15 is 0 Å². The minimum Gasteiger partial charge on any atom is -0.356 e. The Hall–Kier alpha value is -1.51. The quantitative estimate of drug-likeness (QED) is 0.856. The smallest absolute Gasteiger partial charge is 0.191 e. The number of guanidine groups is 1. The molecule has 1 heterocycles. The topological polar surface area (TPSA) is 36.4 Å². The number of hydrogen-bond acceptors (Lipinski definition) is 3. The standard InChI is InChI=1S/C15H23N3/c1-12-5-7-13(8-6-12)15(2,3)11-18-14-16-9-4-10-17-14/h5-8H,4,9-11H2,1-3H3,(H2,16,17,18). The Morgan fingerprint density at radius 3 is 2.61 bits per heavy atom. The minimum absolute atomic E-state index is 0.106. The molecule has 0 aromatic heterocycles. The number of nitrogens with one attached hydrogen (secondary N) is 2. The van der Waals surface area contributed by atoms with Crippen molar-refractivity contribution in [1.29, 1.82) is 0 Å². The fraction of sp³-hybridized carbons (Fsp3) is 0.533. The molecule has 1 aliphatic heterocycles. The third-order valence-electron chi connectivity index (χ3n) is 3.43. The van der Waals surface area contributed by atoms with Gasteiger partial charge in [0.2, 0.25) is 0 Å². The van der Waals surface area contributed by atoms with Crippen molar-refractivity contribution in [2.45, 2.75) is 32.6 Å². The zero-order valence-electron chi connectivity index (χ0n) is 11.6. The molecule has 0 unspecified atom stereocenters. The van der Waals surface area contributed by atoms with Crippen LogP contribution in [0.15, 0.2) is 29.3 Å². The fourth-order valence-electron chi connectivity index (χ4n) is 2.06. The van der Waals surface area contributed by atoms with Gasteiger partial charge in [-0.05, 0) is 18.9 Å². The molecule has 2 rings (SSSR count). The molecule has 0 fully saturated rings. The first-order valence-electron chi connectivity index (χ1n) is 6.67. The van der Waals surface area contributed by atoms with E-state index in [9.17, 15) is 0 Å². The predicted molar refractivity (Wildman–Crippen MR) is 77.1 cm³/mol. The summed E-state index contributed by atoms with van der Waals surface area (Å²) < 4.78 is 0. The van der Waals surface area contributed by atoms with Crippen molar-refractivity contribution in [3.8, 4) is 0 Å². The highest BCUT2D eigenvalue weighted by Crippen LogP contribution is 2.22. The van der Waals surface area contributed by atoms with Gasteiger partial charge >= 0.3 is 0 Å². The Morgan fingerprint density at radius 1 is 1.28 bits per heavy atom. The normalized spacial score (nSPS) is 15.8. The van der Waals surface area contributed by atoms with Gasteiger partial charge in [-0.3, -0.25) is 4.99 Å². The number of nitrogens with zero attached hydrogens (tertiary/aromatic N) is 1. The van der Waals surface area contributed by atoms with E-state index in [2.05, 4.69) is 60.7 Å². The third kappa shape index (κ3) is 3.25. The molecule has 0 amide bonds. The van der Waals surface area contributed by atoms with Crippen LogP contribution < -0.4 is 10.6 Å². The average Bonchev–Trinajstić information content (AvgIpc) is 2.38. The third-order valence-corrected chi connectivity index (χ3v) is 3.43. The highest BCUT2D eigenvalue weighted by molar-refractivity contribution is 5.80. The fourth-order valence-corrected chi connectivity index (χ4v) is 2.06. The maximum absolute atomic E-state index is 4.43. The van der Waals surface area contributed by atoms with Crippen molar-refractivity contribution in [1.82, 2.24) is 10.6 Å². The first kappa shape index (κ1) is 12.9. The van der Waals surface area contributed by atoms with E-state index in [-0.39, 0.29) is 5.41 Å². The second kappa shape index (κ2) is 5.42. The van der Waals surface area contributed by atoms with E-state index in [0.717, 1.165) is 32.0 Å². The second-order valence-electron chi connectivity index (χ2n) is 5.61. The molecule has 0 saturated heterocycles. The summed E-state index contributed by atoms with van der Waals surface area (Å²) in [6, 6.07) is 8.78. The minimum atomic E-state index is 0.106. The van der Waals surface area contributed by atoms with E-state index in [1.807, 2.05) is 0 Å². The van der Waals surface area contributed by atoms with Gasteiger partial charge in [0, 0.05) is 25.0 Å². The van der Waals surface area contributed by atoms with E-state index in [0.29, 0.717) is 0 Å². The zero-order valence-corrected chi connectivity index (χ0v) is 11.6. The maximum atomic E-state index is 4.43. The molecule has 0 bridgehead atoms. The van der Waals surface area contributed by atoms with Crippen molar-refractivity contribution < 1.29 is 0 Å². The summed E-state index contributed by atoms with van der Waals surface area (Å²) in [5.74, 6) is 0.946. The summed E-state index contributed by atoms with van der Waals surface area (Å²) in [6.07, 6.45) is 1.13. The molecule has 1 aromatic rings. The molecule has 3 heteroatoms. The highest BCUT2D eigenvalue weighted by atomic mass is 15.2. The van der Waals surface area contributed by atoms with Gasteiger partial charge in [0.15, 0.2) is 5.96 Å². The van der Waals surface area contributed by atoms with Crippen LogP contribution in [-0.2, 0) is 5.41 Å². The average molecular weight is 245 g/mol. The van der Waals surface area contributed by atoms with Gasteiger partial charge in [-0.25, -0.2) is 0 Å². The van der Waals surface area contributed by atoms with E-state index in [1.54, 1.807) is 0 Å². The lowest BCUT2D eigenvalue weighted by Crippen LogP contribution is -2.45. The molecule has 1 aliphatic rings. The molecular weight excluding hydrogens is 222 g/mol. The molecule has 98 valence electrons. The van der Waals surface area contributed by atoms with Crippen LogP contribution >= 0.6 is 0 Å². The van der Waals surface area contributed by atoms with Crippen LogP contribution in [0.2, 0.25) is 0 Å². The first-order chi connectivity index (χ1) is 8.58. The Bertz CT molecular complexity index is 418. The second-order valence-corrected chi connectivity index (χ2v) is 5.61. The molecule has 0 aliphatic carbocycles. The zero-order chi connectivity index (χ0) is 13.0. The van der Waals surface area contributed by atoms with Gasteiger partial charge in [0.25, 0.3) is 0 Å². The van der Waals surface area contributed by atoms with Crippen molar-refractivity contribution in [2.24, 2.45) is 4.99 Å². The number of aryl methyl sites for hydroxylation is 1. The molecule has 1 aromatic carbocycles. The Labute approximate surface area is 110 Å².